The summed E-state index contributed by atoms with van der Waals surface area (Å²) in [4.78, 5) is 14.9. The van der Waals surface area contributed by atoms with Crippen LogP contribution in [0.25, 0.3) is 0 Å². The molecule has 7 nitrogen and oxygen atoms in total. The van der Waals surface area contributed by atoms with Crippen LogP contribution in [0, 0.1) is 5.82 Å². The van der Waals surface area contributed by atoms with Gasteiger partial charge in [0.15, 0.2) is 0 Å². The maximum absolute atomic E-state index is 13.2. The molecule has 0 aliphatic carbocycles. The Morgan fingerprint density at radius 1 is 0.943 bits per heavy atom. The maximum Gasteiger partial charge on any atom is 0.251 e. The average molecular weight is 498 g/mol. The summed E-state index contributed by atoms with van der Waals surface area (Å²) in [6, 6.07) is 20.1. The van der Waals surface area contributed by atoms with Crippen molar-refractivity contribution in [3.63, 3.8) is 0 Å². The molecular formula is C26H28FN3O4S. The van der Waals surface area contributed by atoms with Crippen molar-refractivity contribution in [1.29, 1.82) is 0 Å². The highest BCUT2D eigenvalue weighted by atomic mass is 32.2. The number of hydrogen-bond donors (Lipinski definition) is 1. The van der Waals surface area contributed by atoms with Crippen LogP contribution < -0.4 is 14.5 Å². The number of amides is 1. The van der Waals surface area contributed by atoms with Gasteiger partial charge >= 0.3 is 0 Å². The molecule has 0 bridgehead atoms. The fraction of sp³-hybridized carbons (Fsp3) is 0.269. The van der Waals surface area contributed by atoms with Crippen molar-refractivity contribution < 1.29 is 22.3 Å². The first-order valence-corrected chi connectivity index (χ1v) is 13.2. The van der Waals surface area contributed by atoms with E-state index in [0.29, 0.717) is 23.4 Å². The third-order valence-electron chi connectivity index (χ3n) is 5.82. The molecule has 1 heterocycles. The maximum atomic E-state index is 13.2. The Kier molecular flexibility index (Phi) is 7.67. The zero-order valence-corrected chi connectivity index (χ0v) is 20.3. The van der Waals surface area contributed by atoms with E-state index in [1.165, 1.54) is 16.4 Å². The molecule has 1 aliphatic heterocycles. The SMILES string of the molecule is CS(=O)(=O)N(Cc1ccc(F)cc1)c1ccc(C(=O)NCc2ccc(N3CCOCC3)cc2)cc1. The van der Waals surface area contributed by atoms with Crippen molar-refractivity contribution >= 4 is 27.3 Å². The molecule has 1 amide bonds. The van der Waals surface area contributed by atoms with Gasteiger partial charge in [0.25, 0.3) is 5.91 Å². The summed E-state index contributed by atoms with van der Waals surface area (Å²) >= 11 is 0. The molecular weight excluding hydrogens is 469 g/mol. The predicted molar refractivity (Wildman–Crippen MR) is 135 cm³/mol. The lowest BCUT2D eigenvalue weighted by Gasteiger charge is -2.28. The highest BCUT2D eigenvalue weighted by Crippen LogP contribution is 2.22. The Morgan fingerprint density at radius 3 is 2.14 bits per heavy atom. The van der Waals surface area contributed by atoms with Crippen LogP contribution in [0.4, 0.5) is 15.8 Å². The first kappa shape index (κ1) is 24.7. The van der Waals surface area contributed by atoms with Crippen molar-refractivity contribution in [1.82, 2.24) is 5.32 Å². The van der Waals surface area contributed by atoms with Gasteiger partial charge in [-0.2, -0.15) is 0 Å². The molecule has 184 valence electrons. The van der Waals surface area contributed by atoms with E-state index in [2.05, 4.69) is 10.2 Å². The molecule has 1 aliphatic rings. The Balaban J connectivity index is 1.38. The van der Waals surface area contributed by atoms with E-state index >= 15 is 0 Å². The molecule has 3 aromatic rings. The third-order valence-corrected chi connectivity index (χ3v) is 6.96. The minimum Gasteiger partial charge on any atom is -0.378 e. The van der Waals surface area contributed by atoms with Gasteiger partial charge in [0.1, 0.15) is 5.82 Å². The van der Waals surface area contributed by atoms with Crippen molar-refractivity contribution in [3.05, 3.63) is 95.3 Å². The van der Waals surface area contributed by atoms with E-state index in [1.807, 2.05) is 24.3 Å². The summed E-state index contributed by atoms with van der Waals surface area (Å²) in [5, 5.41) is 2.90. The van der Waals surface area contributed by atoms with Crippen LogP contribution in [0.5, 0.6) is 0 Å². The van der Waals surface area contributed by atoms with Gasteiger partial charge in [-0.1, -0.05) is 24.3 Å². The van der Waals surface area contributed by atoms with Crippen molar-refractivity contribution in [2.24, 2.45) is 0 Å². The normalized spacial score (nSPS) is 13.9. The molecule has 0 saturated carbocycles. The number of hydrogen-bond acceptors (Lipinski definition) is 5. The summed E-state index contributed by atoms with van der Waals surface area (Å²) < 4.78 is 44.5. The molecule has 0 unspecified atom stereocenters. The average Bonchev–Trinajstić information content (AvgIpc) is 2.87. The van der Waals surface area contributed by atoms with Gasteiger partial charge in [-0.25, -0.2) is 12.8 Å². The standard InChI is InChI=1S/C26H28FN3O4S/c1-35(32,33)30(19-21-2-8-23(27)9-3-21)25-12-6-22(7-13-25)26(31)28-18-20-4-10-24(11-5-20)29-14-16-34-17-15-29/h2-13H,14-19H2,1H3,(H,28,31). The number of halogens is 1. The molecule has 0 atom stereocenters. The summed E-state index contributed by atoms with van der Waals surface area (Å²) in [5.41, 5.74) is 3.61. The van der Waals surface area contributed by atoms with Gasteiger partial charge in [0.05, 0.1) is 31.7 Å². The highest BCUT2D eigenvalue weighted by Gasteiger charge is 2.19. The van der Waals surface area contributed by atoms with Crippen LogP contribution in [0.15, 0.2) is 72.8 Å². The first-order chi connectivity index (χ1) is 16.8. The minimum atomic E-state index is -3.59. The van der Waals surface area contributed by atoms with Gasteiger partial charge in [0, 0.05) is 30.9 Å². The fourth-order valence-corrected chi connectivity index (χ4v) is 4.75. The summed E-state index contributed by atoms with van der Waals surface area (Å²) in [6.07, 6.45) is 1.11. The molecule has 9 heteroatoms. The lowest BCUT2D eigenvalue weighted by atomic mass is 10.1. The van der Waals surface area contributed by atoms with Crippen molar-refractivity contribution in [2.45, 2.75) is 13.1 Å². The van der Waals surface area contributed by atoms with E-state index in [1.54, 1.807) is 36.4 Å². The Labute approximate surface area is 205 Å². The second kappa shape index (κ2) is 10.9. The van der Waals surface area contributed by atoms with Gasteiger partial charge in [0.2, 0.25) is 10.0 Å². The predicted octanol–water partition coefficient (Wildman–Crippen LogP) is 3.56. The largest absolute Gasteiger partial charge is 0.378 e. The van der Waals surface area contributed by atoms with Gasteiger partial charge in [-0.15, -0.1) is 0 Å². The lowest BCUT2D eigenvalue weighted by molar-refractivity contribution is 0.0951. The van der Waals surface area contributed by atoms with Crippen LogP contribution in [0.3, 0.4) is 0 Å². The Bertz CT molecular complexity index is 1240. The number of rotatable bonds is 8. The number of morpholine rings is 1. The molecule has 4 rings (SSSR count). The summed E-state index contributed by atoms with van der Waals surface area (Å²) in [5.74, 6) is -0.638. The fourth-order valence-electron chi connectivity index (χ4n) is 3.87. The number of carbonyl (C=O) groups excluding carboxylic acids is 1. The molecule has 35 heavy (non-hydrogen) atoms. The van der Waals surface area contributed by atoms with Gasteiger partial charge < -0.3 is 15.0 Å². The van der Waals surface area contributed by atoms with E-state index in [4.69, 9.17) is 4.74 Å². The quantitative estimate of drug-likeness (QED) is 0.515. The van der Waals surface area contributed by atoms with Crippen molar-refractivity contribution in [3.8, 4) is 0 Å². The van der Waals surface area contributed by atoms with Crippen LogP contribution in [0.1, 0.15) is 21.5 Å². The third kappa shape index (κ3) is 6.58. The highest BCUT2D eigenvalue weighted by molar-refractivity contribution is 7.92. The Hall–Kier alpha value is -3.43. The zero-order chi connectivity index (χ0) is 24.8. The first-order valence-electron chi connectivity index (χ1n) is 11.3. The smallest absolute Gasteiger partial charge is 0.251 e. The minimum absolute atomic E-state index is 0.0606. The number of benzene rings is 3. The number of ether oxygens (including phenoxy) is 1. The van der Waals surface area contributed by atoms with Crippen LogP contribution in [-0.2, 0) is 27.8 Å². The second-order valence-corrected chi connectivity index (χ2v) is 10.3. The van der Waals surface area contributed by atoms with E-state index < -0.39 is 10.0 Å². The number of anilines is 2. The van der Waals surface area contributed by atoms with E-state index in [9.17, 15) is 17.6 Å². The lowest BCUT2D eigenvalue weighted by Crippen LogP contribution is -2.36. The molecule has 3 aromatic carbocycles. The number of nitrogens with zero attached hydrogens (tertiary/aromatic N) is 2. The summed E-state index contributed by atoms with van der Waals surface area (Å²) in [6.45, 7) is 3.63. The monoisotopic (exact) mass is 497 g/mol. The van der Waals surface area contributed by atoms with Crippen LogP contribution in [-0.4, -0.2) is 46.9 Å². The number of nitrogens with one attached hydrogen (secondary N) is 1. The molecule has 0 spiro atoms. The molecule has 0 radical (unpaired) electrons. The topological polar surface area (TPSA) is 79.0 Å². The zero-order valence-electron chi connectivity index (χ0n) is 19.5. The van der Waals surface area contributed by atoms with E-state index in [-0.39, 0.29) is 18.3 Å². The second-order valence-electron chi connectivity index (χ2n) is 8.39. The molecule has 1 N–H and O–H groups in total. The van der Waals surface area contributed by atoms with E-state index in [0.717, 1.165) is 43.8 Å². The molecule has 1 fully saturated rings. The van der Waals surface area contributed by atoms with Crippen molar-refractivity contribution in [2.75, 3.05) is 41.8 Å². The van der Waals surface area contributed by atoms with Gasteiger partial charge in [-0.05, 0) is 59.7 Å². The van der Waals surface area contributed by atoms with Gasteiger partial charge in [-0.3, -0.25) is 9.10 Å². The number of sulfonamides is 1. The Morgan fingerprint density at radius 2 is 1.54 bits per heavy atom. The van der Waals surface area contributed by atoms with Crippen LogP contribution in [0.2, 0.25) is 0 Å². The summed E-state index contributed by atoms with van der Waals surface area (Å²) in [7, 11) is -3.59. The molecule has 0 aromatic heterocycles. The molecule has 1 saturated heterocycles. The number of carbonyl (C=O) groups is 1. The van der Waals surface area contributed by atoms with Crippen LogP contribution >= 0.6 is 0 Å².